The predicted molar refractivity (Wildman–Crippen MR) is 53.6 cm³/mol. The Hall–Kier alpha value is -1.07. The van der Waals surface area contributed by atoms with Gasteiger partial charge in [-0.15, -0.1) is 0 Å². The smallest absolute Gasteiger partial charge is 0.134 e. The third-order valence-corrected chi connectivity index (χ3v) is 1.70. The largest absolute Gasteiger partial charge is 0.506 e. The first-order valence-corrected chi connectivity index (χ1v) is 4.27. The fourth-order valence-corrected chi connectivity index (χ4v) is 0.974. The first kappa shape index (κ1) is 9.02. The molecule has 0 saturated carbocycles. The van der Waals surface area contributed by atoms with Crippen LogP contribution in [-0.4, -0.2) is 10.9 Å². The molecule has 0 aliphatic rings. The fraction of sp³-hybridized carbons (Fsp3) is 0.200. The van der Waals surface area contributed by atoms with E-state index in [1.54, 1.807) is 6.07 Å². The maximum absolute atomic E-state index is 9.50. The van der Waals surface area contributed by atoms with Crippen molar-refractivity contribution in [3.05, 3.63) is 29.3 Å². The zero-order valence-electron chi connectivity index (χ0n) is 6.83. The molecule has 1 aromatic carbocycles. The molecule has 1 nitrogen and oxygen atoms in total. The second-order valence-corrected chi connectivity index (χ2v) is 2.75. The Labute approximate surface area is 77.8 Å². The third kappa shape index (κ3) is 1.96. The summed E-state index contributed by atoms with van der Waals surface area (Å²) in [5, 5.41) is 9.50. The summed E-state index contributed by atoms with van der Waals surface area (Å²) in [6, 6.07) is 5.51. The summed E-state index contributed by atoms with van der Waals surface area (Å²) < 4.78 is 0. The van der Waals surface area contributed by atoms with Crippen LogP contribution in [0.15, 0.2) is 18.2 Å². The van der Waals surface area contributed by atoms with E-state index in [-0.39, 0.29) is 5.75 Å². The van der Waals surface area contributed by atoms with Crippen LogP contribution in [0.1, 0.15) is 11.1 Å². The first-order valence-electron chi connectivity index (χ1n) is 3.64. The summed E-state index contributed by atoms with van der Waals surface area (Å²) in [7, 11) is 0. The van der Waals surface area contributed by atoms with E-state index >= 15 is 0 Å². The Bertz CT molecular complexity index is 333. The average molecular weight is 178 g/mol. The molecule has 0 unspecified atom stereocenters. The molecular formula is C10H10OS. The van der Waals surface area contributed by atoms with Crippen molar-refractivity contribution in [2.75, 3.05) is 5.75 Å². The molecule has 0 aromatic heterocycles. The summed E-state index contributed by atoms with van der Waals surface area (Å²) in [6.07, 6.45) is 0. The third-order valence-electron chi connectivity index (χ3n) is 1.54. The number of aryl methyl sites for hydroxylation is 1. The molecule has 0 aliphatic carbocycles. The molecular weight excluding hydrogens is 168 g/mol. The summed E-state index contributed by atoms with van der Waals surface area (Å²) in [5.41, 5.74) is 1.52. The van der Waals surface area contributed by atoms with E-state index in [0.29, 0.717) is 11.3 Å². The minimum Gasteiger partial charge on any atom is -0.506 e. The van der Waals surface area contributed by atoms with Crippen LogP contribution >= 0.6 is 12.6 Å². The average Bonchev–Trinajstić information content (AvgIpc) is 2.08. The van der Waals surface area contributed by atoms with E-state index in [2.05, 4.69) is 24.5 Å². The molecule has 0 bridgehead atoms. The maximum atomic E-state index is 9.50. The Morgan fingerprint density at radius 1 is 1.50 bits per heavy atom. The molecule has 12 heavy (non-hydrogen) atoms. The summed E-state index contributed by atoms with van der Waals surface area (Å²) >= 11 is 3.96. The second-order valence-electron chi connectivity index (χ2n) is 2.43. The van der Waals surface area contributed by atoms with Gasteiger partial charge in [-0.3, -0.25) is 0 Å². The number of phenolic OH excluding ortho intramolecular Hbond substituents is 1. The van der Waals surface area contributed by atoms with Gasteiger partial charge in [-0.05, 0) is 18.6 Å². The van der Waals surface area contributed by atoms with Crippen LogP contribution in [0.4, 0.5) is 0 Å². The zero-order valence-corrected chi connectivity index (χ0v) is 7.73. The van der Waals surface area contributed by atoms with E-state index in [0.717, 1.165) is 5.56 Å². The Morgan fingerprint density at radius 2 is 2.25 bits per heavy atom. The molecule has 0 heterocycles. The van der Waals surface area contributed by atoms with Crippen molar-refractivity contribution in [2.24, 2.45) is 0 Å². The van der Waals surface area contributed by atoms with Crippen LogP contribution in [0.5, 0.6) is 5.75 Å². The summed E-state index contributed by atoms with van der Waals surface area (Å²) in [5.74, 6) is 6.39. The van der Waals surface area contributed by atoms with Crippen molar-refractivity contribution in [3.8, 4) is 17.6 Å². The SMILES string of the molecule is Cc1cccc(C#CCS)c1O. The van der Waals surface area contributed by atoms with Crippen LogP contribution in [0.25, 0.3) is 0 Å². The lowest BCUT2D eigenvalue weighted by molar-refractivity contribution is 0.469. The number of aromatic hydroxyl groups is 1. The predicted octanol–water partition coefficient (Wildman–Crippen LogP) is 1.98. The van der Waals surface area contributed by atoms with Gasteiger partial charge in [0.1, 0.15) is 5.75 Å². The van der Waals surface area contributed by atoms with Gasteiger partial charge in [0, 0.05) is 0 Å². The van der Waals surface area contributed by atoms with E-state index < -0.39 is 0 Å². The highest BCUT2D eigenvalue weighted by molar-refractivity contribution is 7.80. The molecule has 0 radical (unpaired) electrons. The molecule has 0 atom stereocenters. The number of benzene rings is 1. The number of phenols is 1. The van der Waals surface area contributed by atoms with Crippen LogP contribution in [-0.2, 0) is 0 Å². The van der Waals surface area contributed by atoms with Crippen molar-refractivity contribution in [1.29, 1.82) is 0 Å². The Kier molecular flexibility index (Phi) is 3.07. The van der Waals surface area contributed by atoms with Crippen LogP contribution in [0.2, 0.25) is 0 Å². The van der Waals surface area contributed by atoms with Gasteiger partial charge in [0.2, 0.25) is 0 Å². The summed E-state index contributed by atoms with van der Waals surface area (Å²) in [4.78, 5) is 0. The molecule has 62 valence electrons. The number of thiol groups is 1. The monoisotopic (exact) mass is 178 g/mol. The maximum Gasteiger partial charge on any atom is 0.134 e. The van der Waals surface area contributed by atoms with Crippen molar-refractivity contribution in [1.82, 2.24) is 0 Å². The van der Waals surface area contributed by atoms with Crippen molar-refractivity contribution < 1.29 is 5.11 Å². The van der Waals surface area contributed by atoms with Crippen molar-refractivity contribution >= 4 is 12.6 Å². The topological polar surface area (TPSA) is 20.2 Å². The Balaban J connectivity index is 3.08. The lowest BCUT2D eigenvalue weighted by Crippen LogP contribution is -1.80. The van der Waals surface area contributed by atoms with Crippen molar-refractivity contribution in [2.45, 2.75) is 6.92 Å². The molecule has 0 aliphatic heterocycles. The molecule has 1 rings (SSSR count). The molecule has 0 fully saturated rings. The lowest BCUT2D eigenvalue weighted by atomic mass is 10.1. The number of hydrogen-bond donors (Lipinski definition) is 2. The van der Waals surface area contributed by atoms with Gasteiger partial charge in [0.25, 0.3) is 0 Å². The fourth-order valence-electron chi connectivity index (χ4n) is 0.895. The lowest BCUT2D eigenvalue weighted by Gasteiger charge is -1.99. The highest BCUT2D eigenvalue weighted by Crippen LogP contribution is 2.19. The van der Waals surface area contributed by atoms with E-state index in [9.17, 15) is 5.11 Å². The number of para-hydroxylation sites is 1. The van der Waals surface area contributed by atoms with E-state index in [4.69, 9.17) is 0 Å². The molecule has 0 amide bonds. The van der Waals surface area contributed by atoms with Gasteiger partial charge < -0.3 is 5.11 Å². The van der Waals surface area contributed by atoms with Gasteiger partial charge in [-0.25, -0.2) is 0 Å². The first-order chi connectivity index (χ1) is 5.75. The molecule has 1 aromatic rings. The summed E-state index contributed by atoms with van der Waals surface area (Å²) in [6.45, 7) is 1.85. The number of rotatable bonds is 0. The zero-order chi connectivity index (χ0) is 8.97. The van der Waals surface area contributed by atoms with E-state index in [1.165, 1.54) is 0 Å². The van der Waals surface area contributed by atoms with Gasteiger partial charge in [-0.1, -0.05) is 24.0 Å². The minimum atomic E-state index is 0.270. The quantitative estimate of drug-likeness (QED) is 0.460. The minimum absolute atomic E-state index is 0.270. The van der Waals surface area contributed by atoms with Gasteiger partial charge in [-0.2, -0.15) is 12.6 Å². The molecule has 0 spiro atoms. The standard InChI is InChI=1S/C10H10OS/c1-8-4-2-5-9(10(8)11)6-3-7-12/h2,4-5,11-12H,7H2,1H3. The molecule has 2 heteroatoms. The van der Waals surface area contributed by atoms with Gasteiger partial charge >= 0.3 is 0 Å². The molecule has 1 N–H and O–H groups in total. The van der Waals surface area contributed by atoms with Crippen LogP contribution in [0, 0.1) is 18.8 Å². The van der Waals surface area contributed by atoms with Gasteiger partial charge in [0.15, 0.2) is 0 Å². The van der Waals surface area contributed by atoms with E-state index in [1.807, 2.05) is 19.1 Å². The highest BCUT2D eigenvalue weighted by Gasteiger charge is 1.98. The highest BCUT2D eigenvalue weighted by atomic mass is 32.1. The second kappa shape index (κ2) is 4.08. The normalized spacial score (nSPS) is 8.83. The Morgan fingerprint density at radius 3 is 2.92 bits per heavy atom. The van der Waals surface area contributed by atoms with Crippen LogP contribution < -0.4 is 0 Å². The van der Waals surface area contributed by atoms with Crippen molar-refractivity contribution in [3.63, 3.8) is 0 Å². The van der Waals surface area contributed by atoms with Crippen LogP contribution in [0.3, 0.4) is 0 Å². The number of hydrogen-bond acceptors (Lipinski definition) is 2. The molecule has 0 saturated heterocycles. The van der Waals surface area contributed by atoms with Gasteiger partial charge in [0.05, 0.1) is 11.3 Å².